The first-order chi connectivity index (χ1) is 9.15. The predicted molar refractivity (Wildman–Crippen MR) is 74.7 cm³/mol. The lowest BCUT2D eigenvalue weighted by molar-refractivity contribution is 0.240. The summed E-state index contributed by atoms with van der Waals surface area (Å²) in [6, 6.07) is 6.90. The summed E-state index contributed by atoms with van der Waals surface area (Å²) in [6.45, 7) is 0.674. The van der Waals surface area contributed by atoms with Gasteiger partial charge in [0.2, 0.25) is 0 Å². The minimum atomic E-state index is -0.290. The van der Waals surface area contributed by atoms with Crippen molar-refractivity contribution in [2.45, 2.75) is 13.1 Å². The third kappa shape index (κ3) is 4.25. The van der Waals surface area contributed by atoms with Gasteiger partial charge in [-0.25, -0.2) is 4.79 Å². The molecule has 0 spiro atoms. The molecular formula is C12H11BrClN3O2. The monoisotopic (exact) mass is 343 g/mol. The Balaban J connectivity index is 1.80. The van der Waals surface area contributed by atoms with E-state index in [1.807, 2.05) is 12.1 Å². The van der Waals surface area contributed by atoms with Crippen LogP contribution in [0.2, 0.25) is 5.02 Å². The highest BCUT2D eigenvalue weighted by molar-refractivity contribution is 9.10. The number of nitrogens with zero attached hydrogens (tertiary/aromatic N) is 1. The molecule has 7 heteroatoms. The standard InChI is InChI=1S/C12H11BrClN3O2/c13-9-2-1-8(11(14)5-9)6-15-12(18)16-7-10-3-4-19-17-10/h1-5H,6-7H2,(H2,15,16,18). The van der Waals surface area contributed by atoms with Gasteiger partial charge in [0.25, 0.3) is 0 Å². The van der Waals surface area contributed by atoms with Crippen LogP contribution in [0.4, 0.5) is 4.79 Å². The SMILES string of the molecule is O=C(NCc1ccon1)NCc1ccc(Br)cc1Cl. The van der Waals surface area contributed by atoms with E-state index in [0.717, 1.165) is 10.0 Å². The normalized spacial score (nSPS) is 10.2. The first kappa shape index (κ1) is 13.9. The fourth-order valence-electron chi connectivity index (χ4n) is 1.40. The fraction of sp³-hybridized carbons (Fsp3) is 0.167. The van der Waals surface area contributed by atoms with Gasteiger partial charge in [0.15, 0.2) is 0 Å². The number of hydrogen-bond donors (Lipinski definition) is 2. The van der Waals surface area contributed by atoms with Crippen LogP contribution in [0.1, 0.15) is 11.3 Å². The van der Waals surface area contributed by atoms with Crippen LogP contribution >= 0.6 is 27.5 Å². The Morgan fingerprint density at radius 2 is 2.11 bits per heavy atom. The van der Waals surface area contributed by atoms with E-state index in [1.165, 1.54) is 6.26 Å². The van der Waals surface area contributed by atoms with Crippen molar-refractivity contribution in [2.24, 2.45) is 0 Å². The van der Waals surface area contributed by atoms with Crippen molar-refractivity contribution in [3.8, 4) is 0 Å². The molecule has 0 unspecified atom stereocenters. The van der Waals surface area contributed by atoms with Crippen molar-refractivity contribution in [1.29, 1.82) is 0 Å². The molecule has 0 fully saturated rings. The van der Waals surface area contributed by atoms with E-state index in [2.05, 4.69) is 36.2 Å². The number of hydrogen-bond acceptors (Lipinski definition) is 3. The van der Waals surface area contributed by atoms with Gasteiger partial charge in [0.05, 0.1) is 6.54 Å². The number of rotatable bonds is 4. The van der Waals surface area contributed by atoms with Crippen molar-refractivity contribution >= 4 is 33.6 Å². The van der Waals surface area contributed by atoms with Gasteiger partial charge < -0.3 is 15.2 Å². The molecule has 100 valence electrons. The van der Waals surface area contributed by atoms with Gasteiger partial charge in [-0.05, 0) is 17.7 Å². The molecule has 0 bridgehead atoms. The van der Waals surface area contributed by atoms with E-state index >= 15 is 0 Å². The number of benzene rings is 1. The third-order valence-electron chi connectivity index (χ3n) is 2.38. The van der Waals surface area contributed by atoms with Crippen LogP contribution in [0, 0.1) is 0 Å². The summed E-state index contributed by atoms with van der Waals surface area (Å²) in [5.74, 6) is 0. The zero-order chi connectivity index (χ0) is 13.7. The first-order valence-corrected chi connectivity index (χ1v) is 6.67. The second-order valence-corrected chi connectivity index (χ2v) is 5.09. The maximum Gasteiger partial charge on any atom is 0.315 e. The Morgan fingerprint density at radius 3 is 2.79 bits per heavy atom. The van der Waals surface area contributed by atoms with E-state index in [-0.39, 0.29) is 6.03 Å². The molecule has 0 saturated heterocycles. The summed E-state index contributed by atoms with van der Waals surface area (Å²) in [7, 11) is 0. The Hall–Kier alpha value is -1.53. The summed E-state index contributed by atoms with van der Waals surface area (Å²) in [5, 5.41) is 9.66. The second kappa shape index (κ2) is 6.58. The number of nitrogens with one attached hydrogen (secondary N) is 2. The molecule has 2 N–H and O–H groups in total. The highest BCUT2D eigenvalue weighted by Gasteiger charge is 2.05. The highest BCUT2D eigenvalue weighted by atomic mass is 79.9. The first-order valence-electron chi connectivity index (χ1n) is 5.50. The summed E-state index contributed by atoms with van der Waals surface area (Å²) in [5.41, 5.74) is 1.51. The van der Waals surface area contributed by atoms with E-state index in [4.69, 9.17) is 11.6 Å². The Kier molecular flexibility index (Phi) is 4.81. The van der Waals surface area contributed by atoms with E-state index in [0.29, 0.717) is 23.8 Å². The van der Waals surface area contributed by atoms with Crippen LogP contribution in [0.3, 0.4) is 0 Å². The van der Waals surface area contributed by atoms with Crippen LogP contribution in [0.5, 0.6) is 0 Å². The van der Waals surface area contributed by atoms with Crippen LogP contribution in [-0.2, 0) is 13.1 Å². The molecule has 0 atom stereocenters. The highest BCUT2D eigenvalue weighted by Crippen LogP contribution is 2.20. The van der Waals surface area contributed by atoms with Crippen LogP contribution < -0.4 is 10.6 Å². The van der Waals surface area contributed by atoms with Gasteiger partial charge in [-0.1, -0.05) is 38.8 Å². The van der Waals surface area contributed by atoms with Crippen molar-refractivity contribution in [3.63, 3.8) is 0 Å². The van der Waals surface area contributed by atoms with E-state index in [9.17, 15) is 4.79 Å². The maximum absolute atomic E-state index is 11.6. The molecule has 0 aliphatic heterocycles. The molecular weight excluding hydrogens is 334 g/mol. The topological polar surface area (TPSA) is 67.2 Å². The molecule has 5 nitrogen and oxygen atoms in total. The average Bonchev–Trinajstić information content (AvgIpc) is 2.88. The Bertz CT molecular complexity index is 560. The van der Waals surface area contributed by atoms with Gasteiger partial charge in [-0.2, -0.15) is 0 Å². The van der Waals surface area contributed by atoms with E-state index in [1.54, 1.807) is 12.1 Å². The van der Waals surface area contributed by atoms with Gasteiger partial charge >= 0.3 is 6.03 Å². The molecule has 0 saturated carbocycles. The maximum atomic E-state index is 11.6. The molecule has 2 rings (SSSR count). The van der Waals surface area contributed by atoms with Crippen molar-refractivity contribution < 1.29 is 9.32 Å². The molecule has 0 radical (unpaired) electrons. The number of urea groups is 1. The van der Waals surface area contributed by atoms with Gasteiger partial charge in [-0.3, -0.25) is 0 Å². The molecule has 19 heavy (non-hydrogen) atoms. The lowest BCUT2D eigenvalue weighted by Gasteiger charge is -2.08. The number of carbonyl (C=O) groups is 1. The minimum Gasteiger partial charge on any atom is -0.364 e. The van der Waals surface area contributed by atoms with Crippen LogP contribution in [0.15, 0.2) is 39.5 Å². The lowest BCUT2D eigenvalue weighted by Crippen LogP contribution is -2.34. The molecule has 2 amide bonds. The second-order valence-electron chi connectivity index (χ2n) is 3.76. The van der Waals surface area contributed by atoms with Gasteiger partial charge in [0, 0.05) is 22.1 Å². The molecule has 1 aromatic carbocycles. The number of aromatic nitrogens is 1. The van der Waals surface area contributed by atoms with Crippen molar-refractivity contribution in [1.82, 2.24) is 15.8 Å². The number of amides is 2. The molecule has 0 aliphatic carbocycles. The van der Waals surface area contributed by atoms with Gasteiger partial charge in [0.1, 0.15) is 12.0 Å². The van der Waals surface area contributed by atoms with Crippen LogP contribution in [-0.4, -0.2) is 11.2 Å². The fourth-order valence-corrected chi connectivity index (χ4v) is 2.14. The smallest absolute Gasteiger partial charge is 0.315 e. The predicted octanol–water partition coefficient (Wildman–Crippen LogP) is 3.09. The van der Waals surface area contributed by atoms with Crippen LogP contribution in [0.25, 0.3) is 0 Å². The zero-order valence-electron chi connectivity index (χ0n) is 9.82. The quantitative estimate of drug-likeness (QED) is 0.895. The van der Waals surface area contributed by atoms with Crippen molar-refractivity contribution in [3.05, 3.63) is 51.3 Å². The van der Waals surface area contributed by atoms with E-state index < -0.39 is 0 Å². The summed E-state index contributed by atoms with van der Waals surface area (Å²) < 4.78 is 5.56. The number of carbonyl (C=O) groups excluding carboxylic acids is 1. The Labute approximate surface area is 123 Å². The van der Waals surface area contributed by atoms with Gasteiger partial charge in [-0.15, -0.1) is 0 Å². The van der Waals surface area contributed by atoms with Crippen molar-refractivity contribution in [2.75, 3.05) is 0 Å². The molecule has 2 aromatic rings. The average molecular weight is 345 g/mol. The Morgan fingerprint density at radius 1 is 1.32 bits per heavy atom. The summed E-state index contributed by atoms with van der Waals surface area (Å²) in [6.07, 6.45) is 1.45. The minimum absolute atomic E-state index is 0.290. The molecule has 1 aromatic heterocycles. The molecule has 0 aliphatic rings. The zero-order valence-corrected chi connectivity index (χ0v) is 12.2. The lowest BCUT2D eigenvalue weighted by atomic mass is 10.2. The summed E-state index contributed by atoms with van der Waals surface area (Å²) in [4.78, 5) is 11.6. The molecule has 1 heterocycles. The third-order valence-corrected chi connectivity index (χ3v) is 3.22. The summed E-state index contributed by atoms with van der Waals surface area (Å²) >= 11 is 9.37. The number of halogens is 2. The largest absolute Gasteiger partial charge is 0.364 e.